The lowest BCUT2D eigenvalue weighted by atomic mass is 10.1. The van der Waals surface area contributed by atoms with Crippen LogP contribution in [0.3, 0.4) is 0 Å². The summed E-state index contributed by atoms with van der Waals surface area (Å²) in [5.41, 5.74) is 1.15. The SMILES string of the molecule is CCOc1ccc(C2=N/C(=C\c3ccccc3OCC(=O)O)C(=O)O2)cc1OCC. The fraction of sp³-hybridized carbons (Fsp3) is 0.227. The Morgan fingerprint density at radius 1 is 1.03 bits per heavy atom. The molecular weight excluding hydrogens is 390 g/mol. The zero-order chi connectivity index (χ0) is 21.5. The van der Waals surface area contributed by atoms with Gasteiger partial charge in [0.25, 0.3) is 0 Å². The summed E-state index contributed by atoms with van der Waals surface area (Å²) in [6.45, 7) is 4.19. The predicted octanol–water partition coefficient (Wildman–Crippen LogP) is 3.29. The molecular formula is C22H21NO7. The van der Waals surface area contributed by atoms with Gasteiger partial charge in [0.1, 0.15) is 5.75 Å². The molecule has 0 aromatic heterocycles. The smallest absolute Gasteiger partial charge is 0.363 e. The number of para-hydroxylation sites is 1. The van der Waals surface area contributed by atoms with Gasteiger partial charge in [0.15, 0.2) is 23.8 Å². The number of nitrogens with zero attached hydrogens (tertiary/aromatic N) is 1. The summed E-state index contributed by atoms with van der Waals surface area (Å²) < 4.78 is 21.7. The number of aliphatic carboxylic acids is 1. The number of hydrogen-bond donors (Lipinski definition) is 1. The lowest BCUT2D eigenvalue weighted by Gasteiger charge is -2.11. The number of benzene rings is 2. The molecule has 156 valence electrons. The van der Waals surface area contributed by atoms with Crippen molar-refractivity contribution in [1.29, 1.82) is 0 Å². The van der Waals surface area contributed by atoms with Gasteiger partial charge in [-0.1, -0.05) is 18.2 Å². The lowest BCUT2D eigenvalue weighted by molar-refractivity contribution is -0.139. The highest BCUT2D eigenvalue weighted by atomic mass is 16.6. The minimum absolute atomic E-state index is 0.0724. The van der Waals surface area contributed by atoms with E-state index in [1.807, 2.05) is 13.8 Å². The van der Waals surface area contributed by atoms with Crippen molar-refractivity contribution in [3.05, 3.63) is 59.3 Å². The number of aliphatic imine (C=N–C) groups is 1. The van der Waals surface area contributed by atoms with Crippen molar-refractivity contribution in [2.75, 3.05) is 19.8 Å². The molecule has 0 amide bonds. The third-order valence-electron chi connectivity index (χ3n) is 3.97. The molecule has 2 aromatic carbocycles. The zero-order valence-electron chi connectivity index (χ0n) is 16.6. The third kappa shape index (κ3) is 4.96. The van der Waals surface area contributed by atoms with Crippen LogP contribution in [0, 0.1) is 0 Å². The van der Waals surface area contributed by atoms with Crippen LogP contribution >= 0.6 is 0 Å². The van der Waals surface area contributed by atoms with Gasteiger partial charge in [-0.15, -0.1) is 0 Å². The fourth-order valence-electron chi connectivity index (χ4n) is 2.73. The monoisotopic (exact) mass is 411 g/mol. The average Bonchev–Trinajstić information content (AvgIpc) is 3.09. The van der Waals surface area contributed by atoms with Crippen LogP contribution in [-0.2, 0) is 14.3 Å². The van der Waals surface area contributed by atoms with Gasteiger partial charge in [-0.3, -0.25) is 0 Å². The van der Waals surface area contributed by atoms with E-state index in [0.29, 0.717) is 41.6 Å². The minimum Gasteiger partial charge on any atom is -0.490 e. The van der Waals surface area contributed by atoms with Crippen LogP contribution in [0.15, 0.2) is 53.2 Å². The molecule has 1 aliphatic rings. The van der Waals surface area contributed by atoms with E-state index in [0.717, 1.165) is 0 Å². The Morgan fingerprint density at radius 3 is 2.50 bits per heavy atom. The molecule has 30 heavy (non-hydrogen) atoms. The van der Waals surface area contributed by atoms with Crippen LogP contribution in [0.4, 0.5) is 0 Å². The van der Waals surface area contributed by atoms with E-state index in [1.54, 1.807) is 42.5 Å². The second-order valence-electron chi connectivity index (χ2n) is 6.08. The van der Waals surface area contributed by atoms with Crippen molar-refractivity contribution in [1.82, 2.24) is 0 Å². The summed E-state index contributed by atoms with van der Waals surface area (Å²) in [5, 5.41) is 8.81. The minimum atomic E-state index is -1.10. The second kappa shape index (κ2) is 9.60. The highest BCUT2D eigenvalue weighted by Gasteiger charge is 2.25. The normalized spacial score (nSPS) is 14.3. The third-order valence-corrected chi connectivity index (χ3v) is 3.97. The molecule has 1 aliphatic heterocycles. The van der Waals surface area contributed by atoms with E-state index in [4.69, 9.17) is 24.1 Å². The van der Waals surface area contributed by atoms with Crippen LogP contribution in [0.2, 0.25) is 0 Å². The van der Waals surface area contributed by atoms with Gasteiger partial charge in [0.05, 0.1) is 13.2 Å². The summed E-state index contributed by atoms with van der Waals surface area (Å²) in [5.74, 6) is -0.139. The maximum absolute atomic E-state index is 12.3. The Kier molecular flexibility index (Phi) is 6.69. The van der Waals surface area contributed by atoms with E-state index in [1.165, 1.54) is 6.08 Å². The molecule has 8 heteroatoms. The fourth-order valence-corrected chi connectivity index (χ4v) is 2.73. The molecule has 1 N–H and O–H groups in total. The Bertz CT molecular complexity index is 1010. The molecule has 0 saturated heterocycles. The van der Waals surface area contributed by atoms with Crippen molar-refractivity contribution in [2.45, 2.75) is 13.8 Å². The number of rotatable bonds is 9. The molecule has 2 aromatic rings. The van der Waals surface area contributed by atoms with Crippen molar-refractivity contribution < 1.29 is 33.6 Å². The van der Waals surface area contributed by atoms with Gasteiger partial charge in [-0.2, -0.15) is 0 Å². The number of carbonyl (C=O) groups excluding carboxylic acids is 1. The van der Waals surface area contributed by atoms with Crippen molar-refractivity contribution in [2.24, 2.45) is 4.99 Å². The van der Waals surface area contributed by atoms with Crippen molar-refractivity contribution in [3.63, 3.8) is 0 Å². The number of carboxylic acid groups (broad SMARTS) is 1. The van der Waals surface area contributed by atoms with Crippen LogP contribution in [0.5, 0.6) is 17.2 Å². The molecule has 0 saturated carbocycles. The van der Waals surface area contributed by atoms with Crippen LogP contribution in [0.1, 0.15) is 25.0 Å². The van der Waals surface area contributed by atoms with Gasteiger partial charge in [0.2, 0.25) is 5.90 Å². The van der Waals surface area contributed by atoms with Crippen molar-refractivity contribution in [3.8, 4) is 17.2 Å². The largest absolute Gasteiger partial charge is 0.490 e. The first-order valence-electron chi connectivity index (χ1n) is 9.38. The van der Waals surface area contributed by atoms with E-state index in [9.17, 15) is 9.59 Å². The molecule has 0 aliphatic carbocycles. The average molecular weight is 411 g/mol. The second-order valence-corrected chi connectivity index (χ2v) is 6.08. The van der Waals surface area contributed by atoms with Gasteiger partial charge >= 0.3 is 11.9 Å². The molecule has 0 spiro atoms. The number of hydrogen-bond acceptors (Lipinski definition) is 7. The number of esters is 1. The molecule has 8 nitrogen and oxygen atoms in total. The van der Waals surface area contributed by atoms with Crippen molar-refractivity contribution >= 4 is 23.9 Å². The van der Waals surface area contributed by atoms with E-state index < -0.39 is 18.5 Å². The maximum Gasteiger partial charge on any atom is 0.363 e. The standard InChI is InChI=1S/C22H21NO7/c1-3-27-18-10-9-15(12-19(18)28-4-2)21-23-16(22(26)30-21)11-14-7-5-6-8-17(14)29-13-20(24)25/h5-12H,3-4,13H2,1-2H3,(H,24,25)/b16-11-. The van der Waals surface area contributed by atoms with Gasteiger partial charge in [-0.25, -0.2) is 14.6 Å². The summed E-state index contributed by atoms with van der Waals surface area (Å²) in [6.07, 6.45) is 1.49. The lowest BCUT2D eigenvalue weighted by Crippen LogP contribution is -2.10. The van der Waals surface area contributed by atoms with E-state index >= 15 is 0 Å². The summed E-state index contributed by atoms with van der Waals surface area (Å²) in [6, 6.07) is 11.9. The van der Waals surface area contributed by atoms with Crippen LogP contribution in [0.25, 0.3) is 6.08 Å². The quantitative estimate of drug-likeness (QED) is 0.499. The molecule has 0 fully saturated rings. The molecule has 1 heterocycles. The maximum atomic E-state index is 12.3. The van der Waals surface area contributed by atoms with Crippen LogP contribution in [-0.4, -0.2) is 42.8 Å². The summed E-state index contributed by atoms with van der Waals surface area (Å²) in [7, 11) is 0. The number of carbonyl (C=O) groups is 2. The number of cyclic esters (lactones) is 1. The Balaban J connectivity index is 1.90. The summed E-state index contributed by atoms with van der Waals surface area (Å²) >= 11 is 0. The molecule has 0 radical (unpaired) electrons. The molecule has 0 atom stereocenters. The van der Waals surface area contributed by atoms with Gasteiger partial charge in [0, 0.05) is 11.1 Å². The molecule has 0 bridgehead atoms. The first-order valence-corrected chi connectivity index (χ1v) is 9.38. The van der Waals surface area contributed by atoms with E-state index in [2.05, 4.69) is 4.99 Å². The number of carboxylic acids is 1. The Labute approximate surface area is 173 Å². The van der Waals surface area contributed by atoms with E-state index in [-0.39, 0.29) is 11.6 Å². The molecule has 0 unspecified atom stereocenters. The zero-order valence-corrected chi connectivity index (χ0v) is 16.6. The Hall–Kier alpha value is -3.81. The number of ether oxygens (including phenoxy) is 4. The Morgan fingerprint density at radius 2 is 1.77 bits per heavy atom. The van der Waals surface area contributed by atoms with Gasteiger partial charge in [-0.05, 0) is 44.2 Å². The first kappa shape index (κ1) is 20.9. The first-order chi connectivity index (χ1) is 14.5. The van der Waals surface area contributed by atoms with Gasteiger partial charge < -0.3 is 24.1 Å². The highest BCUT2D eigenvalue weighted by molar-refractivity contribution is 6.13. The van der Waals surface area contributed by atoms with Crippen LogP contribution < -0.4 is 14.2 Å². The highest BCUT2D eigenvalue weighted by Crippen LogP contribution is 2.31. The summed E-state index contributed by atoms with van der Waals surface area (Å²) in [4.78, 5) is 27.4. The predicted molar refractivity (Wildman–Crippen MR) is 109 cm³/mol. The topological polar surface area (TPSA) is 104 Å². The molecule has 3 rings (SSSR count).